The molecule has 0 aromatic rings. The first-order valence-corrected chi connectivity index (χ1v) is 4.43. The van der Waals surface area contributed by atoms with E-state index >= 15 is 0 Å². The SMILES string of the molecule is C=C/C=C\C1=C(C)CNC(=O)C1C. The van der Waals surface area contributed by atoms with Crippen molar-refractivity contribution in [2.24, 2.45) is 5.92 Å². The Kier molecular flexibility index (Phi) is 3.07. The maximum atomic E-state index is 11.3. The van der Waals surface area contributed by atoms with E-state index in [1.807, 2.05) is 26.0 Å². The number of carbonyl (C=O) groups excluding carboxylic acids is 1. The summed E-state index contributed by atoms with van der Waals surface area (Å²) in [4.78, 5) is 11.3. The van der Waals surface area contributed by atoms with Crippen LogP contribution in [0.1, 0.15) is 13.8 Å². The molecule has 1 heterocycles. The molecule has 1 aliphatic rings. The maximum absolute atomic E-state index is 11.3. The van der Waals surface area contributed by atoms with Crippen LogP contribution in [0.4, 0.5) is 0 Å². The third-order valence-corrected chi connectivity index (χ3v) is 2.29. The Balaban J connectivity index is 2.94. The van der Waals surface area contributed by atoms with Crippen LogP contribution in [0, 0.1) is 5.92 Å². The van der Waals surface area contributed by atoms with E-state index in [0.29, 0.717) is 6.54 Å². The van der Waals surface area contributed by atoms with Gasteiger partial charge in [0.25, 0.3) is 0 Å². The van der Waals surface area contributed by atoms with Crippen molar-refractivity contribution in [1.29, 1.82) is 0 Å². The van der Waals surface area contributed by atoms with E-state index in [9.17, 15) is 4.79 Å². The molecule has 1 aliphatic heterocycles. The molecule has 0 spiro atoms. The van der Waals surface area contributed by atoms with Crippen LogP contribution >= 0.6 is 0 Å². The third kappa shape index (κ3) is 2.08. The van der Waals surface area contributed by atoms with E-state index in [-0.39, 0.29) is 11.8 Å². The van der Waals surface area contributed by atoms with Gasteiger partial charge in [0.15, 0.2) is 0 Å². The zero-order chi connectivity index (χ0) is 9.84. The Morgan fingerprint density at radius 2 is 2.31 bits per heavy atom. The highest BCUT2D eigenvalue weighted by Crippen LogP contribution is 2.20. The van der Waals surface area contributed by atoms with Crippen LogP contribution in [0.5, 0.6) is 0 Å². The van der Waals surface area contributed by atoms with Gasteiger partial charge in [0, 0.05) is 6.54 Å². The molecule has 1 rings (SSSR count). The average molecular weight is 177 g/mol. The van der Waals surface area contributed by atoms with Crippen LogP contribution in [0.3, 0.4) is 0 Å². The molecule has 13 heavy (non-hydrogen) atoms. The monoisotopic (exact) mass is 177 g/mol. The van der Waals surface area contributed by atoms with E-state index in [4.69, 9.17) is 0 Å². The van der Waals surface area contributed by atoms with Gasteiger partial charge in [-0.15, -0.1) is 0 Å². The third-order valence-electron chi connectivity index (χ3n) is 2.29. The lowest BCUT2D eigenvalue weighted by Crippen LogP contribution is -2.36. The van der Waals surface area contributed by atoms with Crippen LogP contribution in [-0.4, -0.2) is 12.5 Å². The molecule has 1 unspecified atom stereocenters. The Hall–Kier alpha value is -1.31. The zero-order valence-corrected chi connectivity index (χ0v) is 8.13. The molecule has 0 fully saturated rings. The molecular weight excluding hydrogens is 162 g/mol. The number of hydrogen-bond acceptors (Lipinski definition) is 1. The first-order valence-electron chi connectivity index (χ1n) is 4.43. The molecule has 0 bridgehead atoms. The molecule has 2 nitrogen and oxygen atoms in total. The molecule has 1 atom stereocenters. The van der Waals surface area contributed by atoms with Crippen LogP contribution in [0.2, 0.25) is 0 Å². The average Bonchev–Trinajstić information content (AvgIpc) is 2.12. The number of carbonyl (C=O) groups is 1. The van der Waals surface area contributed by atoms with Crippen molar-refractivity contribution >= 4 is 5.91 Å². The topological polar surface area (TPSA) is 29.1 Å². The Morgan fingerprint density at radius 3 is 2.92 bits per heavy atom. The lowest BCUT2D eigenvalue weighted by atomic mass is 9.92. The highest BCUT2D eigenvalue weighted by atomic mass is 16.1. The lowest BCUT2D eigenvalue weighted by molar-refractivity contribution is -0.123. The van der Waals surface area contributed by atoms with E-state index in [0.717, 1.165) is 5.57 Å². The number of nitrogens with one attached hydrogen (secondary N) is 1. The van der Waals surface area contributed by atoms with Gasteiger partial charge in [0.2, 0.25) is 5.91 Å². The van der Waals surface area contributed by atoms with Gasteiger partial charge in [-0.2, -0.15) is 0 Å². The minimum Gasteiger partial charge on any atom is -0.352 e. The molecule has 0 aliphatic carbocycles. The predicted molar refractivity (Wildman–Crippen MR) is 54.2 cm³/mol. The van der Waals surface area contributed by atoms with Crippen molar-refractivity contribution < 1.29 is 4.79 Å². The van der Waals surface area contributed by atoms with E-state index in [1.165, 1.54) is 5.57 Å². The second-order valence-corrected chi connectivity index (χ2v) is 3.27. The minimum absolute atomic E-state index is 0.0371. The Bertz CT molecular complexity index is 286. The molecule has 0 aromatic heterocycles. The van der Waals surface area contributed by atoms with E-state index < -0.39 is 0 Å². The van der Waals surface area contributed by atoms with Crippen molar-refractivity contribution in [2.75, 3.05) is 6.54 Å². The quantitative estimate of drug-likeness (QED) is 0.640. The summed E-state index contributed by atoms with van der Waals surface area (Å²) in [5.41, 5.74) is 2.34. The summed E-state index contributed by atoms with van der Waals surface area (Å²) in [7, 11) is 0. The van der Waals surface area contributed by atoms with Gasteiger partial charge < -0.3 is 5.32 Å². The molecular formula is C11H15NO. The van der Waals surface area contributed by atoms with Gasteiger partial charge in [-0.1, -0.05) is 30.4 Å². The highest BCUT2D eigenvalue weighted by molar-refractivity contribution is 5.83. The summed E-state index contributed by atoms with van der Waals surface area (Å²) in [5.74, 6) is 0.0688. The molecule has 0 saturated carbocycles. The molecule has 0 aromatic carbocycles. The normalized spacial score (nSPS) is 23.5. The molecule has 1 amide bonds. The summed E-state index contributed by atoms with van der Waals surface area (Å²) >= 11 is 0. The van der Waals surface area contributed by atoms with E-state index in [2.05, 4.69) is 11.9 Å². The maximum Gasteiger partial charge on any atom is 0.227 e. The second kappa shape index (κ2) is 4.08. The van der Waals surface area contributed by atoms with Gasteiger partial charge in [-0.05, 0) is 19.4 Å². The summed E-state index contributed by atoms with van der Waals surface area (Å²) in [6, 6.07) is 0. The summed E-state index contributed by atoms with van der Waals surface area (Å²) < 4.78 is 0. The first-order chi connectivity index (χ1) is 6.16. The molecule has 2 heteroatoms. The van der Waals surface area contributed by atoms with Gasteiger partial charge in [0.1, 0.15) is 0 Å². The zero-order valence-electron chi connectivity index (χ0n) is 8.13. The largest absolute Gasteiger partial charge is 0.352 e. The van der Waals surface area contributed by atoms with Crippen molar-refractivity contribution in [3.05, 3.63) is 36.0 Å². The summed E-state index contributed by atoms with van der Waals surface area (Å²) in [6.45, 7) is 8.23. The molecule has 1 N–H and O–H groups in total. The Morgan fingerprint density at radius 1 is 1.62 bits per heavy atom. The molecule has 70 valence electrons. The van der Waals surface area contributed by atoms with Crippen LogP contribution in [0.25, 0.3) is 0 Å². The van der Waals surface area contributed by atoms with Gasteiger partial charge in [0.05, 0.1) is 5.92 Å². The van der Waals surface area contributed by atoms with Crippen LogP contribution in [-0.2, 0) is 4.79 Å². The lowest BCUT2D eigenvalue weighted by Gasteiger charge is -2.22. The fraction of sp³-hybridized carbons (Fsp3) is 0.364. The number of rotatable bonds is 2. The molecule has 0 radical (unpaired) electrons. The fourth-order valence-corrected chi connectivity index (χ4v) is 1.44. The van der Waals surface area contributed by atoms with E-state index in [1.54, 1.807) is 6.08 Å². The van der Waals surface area contributed by atoms with Crippen molar-refractivity contribution in [2.45, 2.75) is 13.8 Å². The van der Waals surface area contributed by atoms with Crippen molar-refractivity contribution in [1.82, 2.24) is 5.32 Å². The second-order valence-electron chi connectivity index (χ2n) is 3.27. The summed E-state index contributed by atoms with van der Waals surface area (Å²) in [5, 5.41) is 2.83. The number of allylic oxidation sites excluding steroid dienone is 3. The van der Waals surface area contributed by atoms with Gasteiger partial charge in [-0.25, -0.2) is 0 Å². The smallest absolute Gasteiger partial charge is 0.227 e. The predicted octanol–water partition coefficient (Wildman–Crippen LogP) is 1.81. The van der Waals surface area contributed by atoms with Crippen LogP contribution < -0.4 is 5.32 Å². The van der Waals surface area contributed by atoms with Gasteiger partial charge in [-0.3, -0.25) is 4.79 Å². The van der Waals surface area contributed by atoms with Crippen molar-refractivity contribution in [3.63, 3.8) is 0 Å². The number of amides is 1. The minimum atomic E-state index is -0.0371. The first kappa shape index (κ1) is 9.78. The molecule has 0 saturated heterocycles. The Labute approximate surface area is 79.0 Å². The summed E-state index contributed by atoms with van der Waals surface area (Å²) in [6.07, 6.45) is 5.55. The standard InChI is InChI=1S/C11H15NO/c1-4-5-6-10-8(2)7-12-11(13)9(10)3/h4-6,9H,1,7H2,2-3H3,(H,12,13)/b6-5-. The number of hydrogen-bond donors (Lipinski definition) is 1. The van der Waals surface area contributed by atoms with Crippen molar-refractivity contribution in [3.8, 4) is 0 Å². The fourth-order valence-electron chi connectivity index (χ4n) is 1.44. The van der Waals surface area contributed by atoms with Gasteiger partial charge >= 0.3 is 0 Å². The van der Waals surface area contributed by atoms with Crippen LogP contribution in [0.15, 0.2) is 36.0 Å². The highest BCUT2D eigenvalue weighted by Gasteiger charge is 2.21.